The van der Waals surface area contributed by atoms with E-state index in [-0.39, 0.29) is 23.9 Å². The van der Waals surface area contributed by atoms with E-state index in [1.807, 2.05) is 37.1 Å². The van der Waals surface area contributed by atoms with Crippen molar-refractivity contribution in [1.82, 2.24) is 10.2 Å². The Morgan fingerprint density at radius 1 is 1.38 bits per heavy atom. The van der Waals surface area contributed by atoms with E-state index in [2.05, 4.69) is 10.7 Å². The Hall–Kier alpha value is -2.08. The minimum atomic E-state index is -0.216. The number of aryl methyl sites for hydroxylation is 1. The molecule has 24 heavy (non-hydrogen) atoms. The van der Waals surface area contributed by atoms with Crippen LogP contribution in [-0.4, -0.2) is 29.3 Å². The first-order valence-corrected chi connectivity index (χ1v) is 9.18. The van der Waals surface area contributed by atoms with Gasteiger partial charge in [-0.2, -0.15) is 11.3 Å². The third-order valence-corrected chi connectivity index (χ3v) is 5.13. The Morgan fingerprint density at radius 2 is 2.17 bits per heavy atom. The average Bonchev–Trinajstić information content (AvgIpc) is 3.17. The summed E-state index contributed by atoms with van der Waals surface area (Å²) in [6.45, 7) is 6.59. The van der Waals surface area contributed by atoms with Gasteiger partial charge in [-0.15, -0.1) is 0 Å². The van der Waals surface area contributed by atoms with Gasteiger partial charge in [-0.1, -0.05) is 0 Å². The standard InChI is InChI=1S/C18H22N2O3S/c1-11(2)20(12(3)13-6-8-24-10-13)18(22)14-9-23-15-5-4-7-19-17(21)16(14)15/h6,8-12H,4-5,7H2,1-3H3,(H,19,21). The van der Waals surface area contributed by atoms with Crippen LogP contribution in [0.4, 0.5) is 0 Å². The fraction of sp³-hybridized carbons (Fsp3) is 0.444. The van der Waals surface area contributed by atoms with Gasteiger partial charge in [-0.05, 0) is 49.6 Å². The van der Waals surface area contributed by atoms with Crippen LogP contribution in [0.15, 0.2) is 27.5 Å². The number of nitrogens with zero attached hydrogens (tertiary/aromatic N) is 1. The number of carbonyl (C=O) groups excluding carboxylic acids is 2. The molecule has 3 heterocycles. The third kappa shape index (κ3) is 2.98. The molecule has 0 saturated heterocycles. The molecular weight excluding hydrogens is 324 g/mol. The smallest absolute Gasteiger partial charge is 0.258 e. The molecule has 0 spiro atoms. The number of hydrogen-bond acceptors (Lipinski definition) is 4. The molecule has 0 bridgehead atoms. The number of amides is 2. The lowest BCUT2D eigenvalue weighted by Crippen LogP contribution is -2.39. The highest BCUT2D eigenvalue weighted by Gasteiger charge is 2.32. The van der Waals surface area contributed by atoms with E-state index >= 15 is 0 Å². The summed E-state index contributed by atoms with van der Waals surface area (Å²) in [6.07, 6.45) is 2.93. The fourth-order valence-corrected chi connectivity index (χ4v) is 3.94. The number of nitrogens with one attached hydrogen (secondary N) is 1. The Kier molecular flexibility index (Phi) is 4.76. The van der Waals surface area contributed by atoms with Gasteiger partial charge in [0, 0.05) is 19.0 Å². The third-order valence-electron chi connectivity index (χ3n) is 4.42. The zero-order valence-electron chi connectivity index (χ0n) is 14.2. The second-order valence-electron chi connectivity index (χ2n) is 6.35. The van der Waals surface area contributed by atoms with E-state index in [1.165, 1.54) is 6.26 Å². The van der Waals surface area contributed by atoms with Crippen LogP contribution in [0.2, 0.25) is 0 Å². The molecule has 0 aromatic carbocycles. The van der Waals surface area contributed by atoms with Crippen molar-refractivity contribution in [2.75, 3.05) is 6.54 Å². The second-order valence-corrected chi connectivity index (χ2v) is 7.13. The van der Waals surface area contributed by atoms with Gasteiger partial charge >= 0.3 is 0 Å². The van der Waals surface area contributed by atoms with Crippen molar-refractivity contribution in [3.63, 3.8) is 0 Å². The second kappa shape index (κ2) is 6.81. The quantitative estimate of drug-likeness (QED) is 0.919. The van der Waals surface area contributed by atoms with E-state index in [1.54, 1.807) is 11.3 Å². The predicted molar refractivity (Wildman–Crippen MR) is 93.4 cm³/mol. The van der Waals surface area contributed by atoms with Crippen LogP contribution in [0.3, 0.4) is 0 Å². The van der Waals surface area contributed by atoms with E-state index in [0.717, 1.165) is 12.0 Å². The van der Waals surface area contributed by atoms with Crippen molar-refractivity contribution >= 4 is 23.2 Å². The first kappa shape index (κ1) is 16.8. The minimum absolute atomic E-state index is 0.00629. The SMILES string of the molecule is CC(C)N(C(=O)c1coc2c1C(=O)NCCC2)C(C)c1ccsc1. The molecule has 0 radical (unpaired) electrons. The zero-order valence-corrected chi connectivity index (χ0v) is 15.0. The molecule has 1 aliphatic rings. The molecule has 6 heteroatoms. The lowest BCUT2D eigenvalue weighted by molar-refractivity contribution is 0.0620. The van der Waals surface area contributed by atoms with Crippen LogP contribution in [-0.2, 0) is 6.42 Å². The van der Waals surface area contributed by atoms with Gasteiger partial charge in [0.1, 0.15) is 12.0 Å². The van der Waals surface area contributed by atoms with Crippen molar-refractivity contribution < 1.29 is 14.0 Å². The van der Waals surface area contributed by atoms with Crippen LogP contribution in [0.1, 0.15) is 65.3 Å². The first-order chi connectivity index (χ1) is 11.5. The number of fused-ring (bicyclic) bond motifs is 1. The molecule has 1 unspecified atom stereocenters. The van der Waals surface area contributed by atoms with Crippen LogP contribution in [0.5, 0.6) is 0 Å². The van der Waals surface area contributed by atoms with Crippen molar-refractivity contribution in [3.8, 4) is 0 Å². The summed E-state index contributed by atoms with van der Waals surface area (Å²) in [5.74, 6) is 0.234. The van der Waals surface area contributed by atoms with Gasteiger partial charge in [0.25, 0.3) is 11.8 Å². The summed E-state index contributed by atoms with van der Waals surface area (Å²) < 4.78 is 5.55. The fourth-order valence-electron chi connectivity index (χ4n) is 3.20. The molecule has 3 rings (SSSR count). The summed E-state index contributed by atoms with van der Waals surface area (Å²) in [5, 5.41) is 6.90. The Morgan fingerprint density at radius 3 is 2.83 bits per heavy atom. The number of rotatable bonds is 4. The molecule has 2 amide bonds. The van der Waals surface area contributed by atoms with E-state index < -0.39 is 0 Å². The molecule has 1 atom stereocenters. The van der Waals surface area contributed by atoms with Crippen LogP contribution in [0, 0.1) is 0 Å². The van der Waals surface area contributed by atoms with Crippen LogP contribution >= 0.6 is 11.3 Å². The molecule has 2 aromatic rings. The molecule has 1 N–H and O–H groups in total. The Bertz CT molecular complexity index is 734. The summed E-state index contributed by atoms with van der Waals surface area (Å²) in [6, 6.07) is 1.97. The Labute approximate surface area is 145 Å². The molecule has 5 nitrogen and oxygen atoms in total. The van der Waals surface area contributed by atoms with E-state index in [9.17, 15) is 9.59 Å². The van der Waals surface area contributed by atoms with Crippen LogP contribution in [0.25, 0.3) is 0 Å². The van der Waals surface area contributed by atoms with Crippen molar-refractivity contribution in [3.05, 3.63) is 45.5 Å². The molecule has 1 aliphatic heterocycles. The lowest BCUT2D eigenvalue weighted by Gasteiger charge is -2.32. The normalized spacial score (nSPS) is 15.6. The van der Waals surface area contributed by atoms with Gasteiger partial charge in [0.05, 0.1) is 17.2 Å². The number of hydrogen-bond donors (Lipinski definition) is 1. The highest BCUT2D eigenvalue weighted by Crippen LogP contribution is 2.29. The maximum Gasteiger partial charge on any atom is 0.258 e. The van der Waals surface area contributed by atoms with Crippen molar-refractivity contribution in [2.24, 2.45) is 0 Å². The summed E-state index contributed by atoms with van der Waals surface area (Å²) in [4.78, 5) is 27.4. The monoisotopic (exact) mass is 346 g/mol. The zero-order chi connectivity index (χ0) is 17.3. The summed E-state index contributed by atoms with van der Waals surface area (Å²) >= 11 is 1.61. The summed E-state index contributed by atoms with van der Waals surface area (Å²) in [7, 11) is 0. The van der Waals surface area contributed by atoms with E-state index in [4.69, 9.17) is 4.42 Å². The number of thiophene rings is 1. The minimum Gasteiger partial charge on any atom is -0.468 e. The maximum absolute atomic E-state index is 13.2. The van der Waals surface area contributed by atoms with Crippen molar-refractivity contribution in [2.45, 2.75) is 45.7 Å². The van der Waals surface area contributed by atoms with E-state index in [0.29, 0.717) is 29.9 Å². The topological polar surface area (TPSA) is 62.6 Å². The first-order valence-electron chi connectivity index (χ1n) is 8.24. The van der Waals surface area contributed by atoms with Gasteiger partial charge < -0.3 is 14.6 Å². The molecule has 0 aliphatic carbocycles. The average molecular weight is 346 g/mol. The molecule has 128 valence electrons. The van der Waals surface area contributed by atoms with Gasteiger partial charge in [-0.3, -0.25) is 9.59 Å². The number of furan rings is 1. The molecule has 0 saturated carbocycles. The largest absolute Gasteiger partial charge is 0.468 e. The maximum atomic E-state index is 13.2. The highest BCUT2D eigenvalue weighted by atomic mass is 32.1. The Balaban J connectivity index is 1.97. The number of carbonyl (C=O) groups is 2. The lowest BCUT2D eigenvalue weighted by atomic mass is 10.0. The van der Waals surface area contributed by atoms with Crippen molar-refractivity contribution in [1.29, 1.82) is 0 Å². The summed E-state index contributed by atoms with van der Waals surface area (Å²) in [5.41, 5.74) is 1.86. The van der Waals surface area contributed by atoms with Gasteiger partial charge in [0.15, 0.2) is 0 Å². The molecule has 0 fully saturated rings. The van der Waals surface area contributed by atoms with Gasteiger partial charge in [0.2, 0.25) is 0 Å². The van der Waals surface area contributed by atoms with Crippen LogP contribution < -0.4 is 5.32 Å². The molecule has 2 aromatic heterocycles. The van der Waals surface area contributed by atoms with Gasteiger partial charge in [-0.25, -0.2) is 0 Å². The highest BCUT2D eigenvalue weighted by molar-refractivity contribution is 7.07. The predicted octanol–water partition coefficient (Wildman–Crippen LogP) is 3.63. The molecular formula is C18H22N2O3S.